The predicted octanol–water partition coefficient (Wildman–Crippen LogP) is 2.88. The SMILES string of the molecule is CC(C)N1CCC2C1CC[N+]2(C(C)C)C(C)C. The van der Waals surface area contributed by atoms with Crippen molar-refractivity contribution in [2.24, 2.45) is 0 Å². The number of rotatable bonds is 3. The molecular weight excluding hydrogens is 208 g/mol. The lowest BCUT2D eigenvalue weighted by Crippen LogP contribution is -2.61. The third kappa shape index (κ3) is 1.84. The minimum absolute atomic E-state index is 0.726. The first-order valence-corrected chi connectivity index (χ1v) is 7.54. The van der Waals surface area contributed by atoms with Gasteiger partial charge in [0, 0.05) is 25.4 Å². The molecule has 2 aliphatic rings. The molecule has 2 heterocycles. The second-order valence-electron chi connectivity index (χ2n) is 6.95. The van der Waals surface area contributed by atoms with Crippen molar-refractivity contribution in [3.05, 3.63) is 0 Å². The van der Waals surface area contributed by atoms with E-state index in [9.17, 15) is 0 Å². The maximum Gasteiger partial charge on any atom is 0.107 e. The van der Waals surface area contributed by atoms with Crippen LogP contribution in [0, 0.1) is 0 Å². The fourth-order valence-electron chi connectivity index (χ4n) is 4.82. The topological polar surface area (TPSA) is 3.24 Å². The standard InChI is InChI=1S/C15H31N2/c1-11(2)16-9-7-15-14(16)8-10-17(15,12(3)4)13(5)6/h11-15H,7-10H2,1-6H3/q+1. The second kappa shape index (κ2) is 4.55. The van der Waals surface area contributed by atoms with E-state index in [0.29, 0.717) is 0 Å². The van der Waals surface area contributed by atoms with Gasteiger partial charge in [-0.3, -0.25) is 4.90 Å². The fraction of sp³-hybridized carbons (Fsp3) is 1.00. The molecule has 100 valence electrons. The summed E-state index contributed by atoms with van der Waals surface area (Å²) >= 11 is 0. The van der Waals surface area contributed by atoms with Gasteiger partial charge in [-0.2, -0.15) is 0 Å². The normalized spacial score (nSPS) is 33.0. The second-order valence-corrected chi connectivity index (χ2v) is 6.95. The van der Waals surface area contributed by atoms with Gasteiger partial charge in [0.2, 0.25) is 0 Å². The molecule has 2 fully saturated rings. The van der Waals surface area contributed by atoms with Gasteiger partial charge in [0.25, 0.3) is 0 Å². The fourth-order valence-corrected chi connectivity index (χ4v) is 4.82. The molecule has 0 aromatic rings. The molecule has 2 nitrogen and oxygen atoms in total. The minimum Gasteiger partial charge on any atom is -0.316 e. The molecule has 0 aromatic carbocycles. The Morgan fingerprint density at radius 3 is 2.00 bits per heavy atom. The van der Waals surface area contributed by atoms with E-state index in [0.717, 1.165) is 30.2 Å². The molecule has 2 heteroatoms. The third-order valence-corrected chi connectivity index (χ3v) is 5.57. The van der Waals surface area contributed by atoms with E-state index in [-0.39, 0.29) is 0 Å². The Balaban J connectivity index is 2.25. The van der Waals surface area contributed by atoms with E-state index in [2.05, 4.69) is 46.4 Å². The lowest BCUT2D eigenvalue weighted by molar-refractivity contribution is -0.977. The maximum atomic E-state index is 2.76. The van der Waals surface area contributed by atoms with Gasteiger partial charge in [-0.1, -0.05) is 0 Å². The van der Waals surface area contributed by atoms with Crippen LogP contribution in [0.2, 0.25) is 0 Å². The number of nitrogens with zero attached hydrogens (tertiary/aromatic N) is 2. The van der Waals surface area contributed by atoms with Crippen molar-refractivity contribution in [3.8, 4) is 0 Å². The highest BCUT2D eigenvalue weighted by molar-refractivity contribution is 4.95. The van der Waals surface area contributed by atoms with E-state index in [1.807, 2.05) is 0 Å². The molecular formula is C15H31N2+. The lowest BCUT2D eigenvalue weighted by atomic mass is 10.0. The molecule has 0 spiro atoms. The Kier molecular flexibility index (Phi) is 3.57. The maximum absolute atomic E-state index is 2.76. The molecule has 0 saturated carbocycles. The Labute approximate surface area is 108 Å². The van der Waals surface area contributed by atoms with Crippen LogP contribution in [0.5, 0.6) is 0 Å². The van der Waals surface area contributed by atoms with Crippen molar-refractivity contribution in [3.63, 3.8) is 0 Å². The minimum atomic E-state index is 0.726. The van der Waals surface area contributed by atoms with Gasteiger partial charge in [0.1, 0.15) is 6.04 Å². The Morgan fingerprint density at radius 2 is 1.53 bits per heavy atom. The summed E-state index contributed by atoms with van der Waals surface area (Å²) < 4.78 is 1.37. The van der Waals surface area contributed by atoms with Gasteiger partial charge < -0.3 is 4.48 Å². The quantitative estimate of drug-likeness (QED) is 0.685. The first-order chi connectivity index (χ1) is 7.91. The van der Waals surface area contributed by atoms with Crippen LogP contribution in [0.1, 0.15) is 54.4 Å². The number of hydrogen-bond acceptors (Lipinski definition) is 1. The zero-order chi connectivity index (χ0) is 12.8. The average molecular weight is 239 g/mol. The number of hydrogen-bond donors (Lipinski definition) is 0. The average Bonchev–Trinajstić information content (AvgIpc) is 2.73. The molecule has 2 unspecified atom stereocenters. The molecule has 0 N–H and O–H groups in total. The summed E-state index contributed by atoms with van der Waals surface area (Å²) in [6.07, 6.45) is 2.83. The van der Waals surface area contributed by atoms with E-state index in [1.54, 1.807) is 0 Å². The van der Waals surface area contributed by atoms with E-state index in [4.69, 9.17) is 0 Å². The van der Waals surface area contributed by atoms with Crippen LogP contribution in [-0.4, -0.2) is 52.7 Å². The van der Waals surface area contributed by atoms with Gasteiger partial charge in [0.15, 0.2) is 0 Å². The molecule has 0 aliphatic carbocycles. The first-order valence-electron chi connectivity index (χ1n) is 7.54. The van der Waals surface area contributed by atoms with Crippen LogP contribution in [-0.2, 0) is 0 Å². The van der Waals surface area contributed by atoms with Gasteiger partial charge in [-0.25, -0.2) is 0 Å². The van der Waals surface area contributed by atoms with Crippen molar-refractivity contribution >= 4 is 0 Å². The lowest BCUT2D eigenvalue weighted by Gasteiger charge is -2.47. The van der Waals surface area contributed by atoms with Crippen molar-refractivity contribution < 1.29 is 4.48 Å². The zero-order valence-corrected chi connectivity index (χ0v) is 12.6. The Bertz CT molecular complexity index is 262. The molecule has 0 aromatic heterocycles. The van der Waals surface area contributed by atoms with E-state index >= 15 is 0 Å². The molecule has 2 aliphatic heterocycles. The summed E-state index contributed by atoms with van der Waals surface area (Å²) in [5.74, 6) is 0. The summed E-state index contributed by atoms with van der Waals surface area (Å²) in [6.45, 7) is 17.2. The van der Waals surface area contributed by atoms with Gasteiger partial charge in [0.05, 0.1) is 24.7 Å². The number of fused-ring (bicyclic) bond motifs is 1. The summed E-state index contributed by atoms with van der Waals surface area (Å²) in [5.41, 5.74) is 0. The molecule has 2 atom stereocenters. The van der Waals surface area contributed by atoms with Crippen LogP contribution < -0.4 is 0 Å². The van der Waals surface area contributed by atoms with Crippen molar-refractivity contribution in [2.45, 2.75) is 84.6 Å². The highest BCUT2D eigenvalue weighted by atomic mass is 15.5. The van der Waals surface area contributed by atoms with Crippen LogP contribution in [0.4, 0.5) is 0 Å². The van der Waals surface area contributed by atoms with Crippen molar-refractivity contribution in [1.82, 2.24) is 4.90 Å². The molecule has 0 bridgehead atoms. The Hall–Kier alpha value is -0.0800. The largest absolute Gasteiger partial charge is 0.316 e. The van der Waals surface area contributed by atoms with Crippen molar-refractivity contribution in [2.75, 3.05) is 13.1 Å². The Morgan fingerprint density at radius 1 is 0.941 bits per heavy atom. The third-order valence-electron chi connectivity index (χ3n) is 5.57. The van der Waals surface area contributed by atoms with Gasteiger partial charge in [-0.05, 0) is 41.5 Å². The van der Waals surface area contributed by atoms with Crippen LogP contribution in [0.25, 0.3) is 0 Å². The monoisotopic (exact) mass is 239 g/mol. The van der Waals surface area contributed by atoms with E-state index < -0.39 is 0 Å². The zero-order valence-electron chi connectivity index (χ0n) is 12.6. The molecule has 2 rings (SSSR count). The van der Waals surface area contributed by atoms with Gasteiger partial charge in [-0.15, -0.1) is 0 Å². The molecule has 0 radical (unpaired) electrons. The molecule has 2 saturated heterocycles. The van der Waals surface area contributed by atoms with E-state index in [1.165, 1.54) is 30.4 Å². The van der Waals surface area contributed by atoms with Crippen LogP contribution >= 0.6 is 0 Å². The summed E-state index contributed by atoms with van der Waals surface area (Å²) in [4.78, 5) is 2.76. The highest BCUT2D eigenvalue weighted by Gasteiger charge is 2.56. The van der Waals surface area contributed by atoms with Crippen LogP contribution in [0.15, 0.2) is 0 Å². The van der Waals surface area contributed by atoms with Gasteiger partial charge >= 0.3 is 0 Å². The number of quaternary nitrogens is 1. The molecule has 17 heavy (non-hydrogen) atoms. The number of likely N-dealkylation sites (tertiary alicyclic amines) is 2. The predicted molar refractivity (Wildman–Crippen MR) is 74.1 cm³/mol. The highest BCUT2D eigenvalue weighted by Crippen LogP contribution is 2.42. The van der Waals surface area contributed by atoms with Crippen molar-refractivity contribution in [1.29, 1.82) is 0 Å². The summed E-state index contributed by atoms with van der Waals surface area (Å²) in [7, 11) is 0. The van der Waals surface area contributed by atoms with Crippen LogP contribution in [0.3, 0.4) is 0 Å². The smallest absolute Gasteiger partial charge is 0.107 e. The summed E-state index contributed by atoms with van der Waals surface area (Å²) in [6, 6.07) is 4.04. The molecule has 0 amide bonds. The summed E-state index contributed by atoms with van der Waals surface area (Å²) in [5, 5.41) is 0. The first kappa shape index (κ1) is 13.4.